The van der Waals surface area contributed by atoms with Gasteiger partial charge in [-0.1, -0.05) is 12.8 Å². The summed E-state index contributed by atoms with van der Waals surface area (Å²) in [6.45, 7) is -0.202. The summed E-state index contributed by atoms with van der Waals surface area (Å²) in [6, 6.07) is 3.96. The molecule has 2 heterocycles. The zero-order valence-corrected chi connectivity index (χ0v) is 12.1. The molecule has 0 aromatic carbocycles. The number of hydrogen-bond donors (Lipinski definition) is 1. The van der Waals surface area contributed by atoms with E-state index < -0.39 is 10.0 Å². The Kier molecular flexibility index (Phi) is 3.47. The predicted octanol–water partition coefficient (Wildman–Crippen LogP) is 0.583. The van der Waals surface area contributed by atoms with Gasteiger partial charge in [-0.05, 0) is 25.0 Å². The summed E-state index contributed by atoms with van der Waals surface area (Å²) in [4.78, 5) is 11.8. The molecule has 7 nitrogen and oxygen atoms in total. The number of carbonyl (C=O) groups excluding carboxylic acids is 1. The lowest BCUT2D eigenvalue weighted by Crippen LogP contribution is -2.62. The van der Waals surface area contributed by atoms with Crippen LogP contribution in [0.2, 0.25) is 0 Å². The first-order valence-electron chi connectivity index (χ1n) is 6.83. The number of carbonyl (C=O) groups is 1. The third-order valence-electron chi connectivity index (χ3n) is 4.00. The van der Waals surface area contributed by atoms with E-state index in [4.69, 9.17) is 9.68 Å². The Labute approximate surface area is 122 Å². The third-order valence-corrected chi connectivity index (χ3v) is 5.74. The van der Waals surface area contributed by atoms with Crippen LogP contribution in [-0.2, 0) is 14.8 Å². The van der Waals surface area contributed by atoms with E-state index in [9.17, 15) is 13.2 Å². The van der Waals surface area contributed by atoms with Crippen molar-refractivity contribution >= 4 is 15.9 Å². The summed E-state index contributed by atoms with van der Waals surface area (Å²) in [5.41, 5.74) is 0. The number of nitrogens with one attached hydrogen (secondary N) is 1. The molecule has 112 valence electrons. The monoisotopic (exact) mass is 309 g/mol. The van der Waals surface area contributed by atoms with E-state index in [0.29, 0.717) is 0 Å². The zero-order chi connectivity index (χ0) is 15.0. The largest absolute Gasteiger partial charge is 0.433 e. The van der Waals surface area contributed by atoms with Crippen molar-refractivity contribution in [2.45, 2.75) is 42.9 Å². The lowest BCUT2D eigenvalue weighted by atomic mass is 9.89. The van der Waals surface area contributed by atoms with Gasteiger partial charge in [0.15, 0.2) is 0 Å². The van der Waals surface area contributed by atoms with E-state index in [1.54, 1.807) is 6.07 Å². The lowest BCUT2D eigenvalue weighted by molar-refractivity contribution is -0.125. The van der Waals surface area contributed by atoms with Crippen LogP contribution in [0.5, 0.6) is 0 Å². The highest BCUT2D eigenvalue weighted by Crippen LogP contribution is 2.30. The van der Waals surface area contributed by atoms with Crippen LogP contribution in [0.25, 0.3) is 0 Å². The maximum absolute atomic E-state index is 12.7. The minimum absolute atomic E-state index is 0.0600. The van der Waals surface area contributed by atoms with Crippen LogP contribution in [0, 0.1) is 11.3 Å². The Hall–Kier alpha value is -1.85. The third kappa shape index (κ3) is 2.43. The van der Waals surface area contributed by atoms with Crippen LogP contribution < -0.4 is 5.32 Å². The lowest BCUT2D eigenvalue weighted by Gasteiger charge is -2.42. The average molecular weight is 309 g/mol. The first-order chi connectivity index (χ1) is 10.0. The summed E-state index contributed by atoms with van der Waals surface area (Å²) in [6.07, 6.45) is 3.42. The quantitative estimate of drug-likeness (QED) is 0.860. The fourth-order valence-electron chi connectivity index (χ4n) is 3.03. The zero-order valence-electron chi connectivity index (χ0n) is 11.3. The van der Waals surface area contributed by atoms with E-state index in [-0.39, 0.29) is 35.4 Å². The Morgan fingerprint density at radius 1 is 1.33 bits per heavy atom. The molecule has 1 aromatic heterocycles. The second kappa shape index (κ2) is 5.16. The topological polar surface area (TPSA) is 103 Å². The maximum atomic E-state index is 12.7. The molecular formula is C13H15N3O4S. The van der Waals surface area contributed by atoms with E-state index in [0.717, 1.165) is 25.7 Å². The molecule has 8 heteroatoms. The molecule has 0 bridgehead atoms. The van der Waals surface area contributed by atoms with Gasteiger partial charge < -0.3 is 9.73 Å². The van der Waals surface area contributed by atoms with E-state index >= 15 is 0 Å². The molecule has 2 aliphatic rings. The standard InChI is InChI=1S/C13H15N3O4S/c14-7-9-5-6-13(20-9)21(18,19)16-8-12(17)15-10-3-1-2-4-11(10)16/h5-6,10-11H,1-4,8H2,(H,15,17). The van der Waals surface area contributed by atoms with Crippen LogP contribution in [0.3, 0.4) is 0 Å². The Morgan fingerprint density at radius 3 is 2.81 bits per heavy atom. The summed E-state index contributed by atoms with van der Waals surface area (Å²) in [5, 5.41) is 11.3. The molecule has 2 fully saturated rings. The number of furan rings is 1. The van der Waals surface area contributed by atoms with Gasteiger partial charge in [0.2, 0.25) is 16.8 Å². The van der Waals surface area contributed by atoms with Gasteiger partial charge in [-0.3, -0.25) is 4.79 Å². The Bertz CT molecular complexity index is 703. The van der Waals surface area contributed by atoms with Crippen LogP contribution in [-0.4, -0.2) is 37.3 Å². The molecule has 1 aliphatic heterocycles. The second-order valence-electron chi connectivity index (χ2n) is 5.31. The first kappa shape index (κ1) is 14.1. The fourth-order valence-corrected chi connectivity index (χ4v) is 4.60. The highest BCUT2D eigenvalue weighted by molar-refractivity contribution is 7.89. The van der Waals surface area contributed by atoms with Gasteiger partial charge in [0, 0.05) is 12.1 Å². The number of hydrogen-bond acceptors (Lipinski definition) is 5. The van der Waals surface area contributed by atoms with Crippen molar-refractivity contribution in [1.29, 1.82) is 5.26 Å². The van der Waals surface area contributed by atoms with E-state index in [2.05, 4.69) is 5.32 Å². The number of nitrogens with zero attached hydrogens (tertiary/aromatic N) is 2. The summed E-state index contributed by atoms with van der Waals surface area (Å²) in [7, 11) is -3.90. The van der Waals surface area contributed by atoms with Crippen LogP contribution in [0.4, 0.5) is 0 Å². The molecule has 1 N–H and O–H groups in total. The van der Waals surface area contributed by atoms with Crippen molar-refractivity contribution in [3.8, 4) is 6.07 Å². The summed E-state index contributed by atoms with van der Waals surface area (Å²) in [5.74, 6) is -0.357. The predicted molar refractivity (Wildman–Crippen MR) is 71.5 cm³/mol. The van der Waals surface area contributed by atoms with Crippen molar-refractivity contribution in [2.75, 3.05) is 6.54 Å². The van der Waals surface area contributed by atoms with Crippen molar-refractivity contribution in [1.82, 2.24) is 9.62 Å². The smallest absolute Gasteiger partial charge is 0.277 e. The Morgan fingerprint density at radius 2 is 2.10 bits per heavy atom. The van der Waals surface area contributed by atoms with E-state index in [1.807, 2.05) is 0 Å². The van der Waals surface area contributed by atoms with Gasteiger partial charge in [-0.25, -0.2) is 8.42 Å². The molecule has 1 saturated carbocycles. The number of fused-ring (bicyclic) bond motifs is 1. The number of amides is 1. The van der Waals surface area contributed by atoms with Gasteiger partial charge in [-0.15, -0.1) is 0 Å². The maximum Gasteiger partial charge on any atom is 0.277 e. The molecule has 1 aromatic rings. The van der Waals surface area contributed by atoms with Gasteiger partial charge in [0.25, 0.3) is 10.0 Å². The second-order valence-corrected chi connectivity index (χ2v) is 7.13. The van der Waals surface area contributed by atoms with Gasteiger partial charge >= 0.3 is 0 Å². The van der Waals surface area contributed by atoms with Crippen LogP contribution in [0.15, 0.2) is 21.6 Å². The molecular weight excluding hydrogens is 294 g/mol. The molecule has 1 amide bonds. The normalized spacial score (nSPS) is 26.7. The molecule has 2 atom stereocenters. The molecule has 1 saturated heterocycles. The highest BCUT2D eigenvalue weighted by atomic mass is 32.2. The number of piperazine rings is 1. The summed E-state index contributed by atoms with van der Waals surface area (Å²) >= 11 is 0. The van der Waals surface area contributed by atoms with Crippen molar-refractivity contribution in [3.05, 3.63) is 17.9 Å². The number of sulfonamides is 1. The van der Waals surface area contributed by atoms with Gasteiger partial charge in [0.1, 0.15) is 6.07 Å². The van der Waals surface area contributed by atoms with Crippen molar-refractivity contribution in [3.63, 3.8) is 0 Å². The molecule has 2 unspecified atom stereocenters. The Balaban J connectivity index is 1.96. The molecule has 0 radical (unpaired) electrons. The number of nitriles is 1. The van der Waals surface area contributed by atoms with Gasteiger partial charge in [-0.2, -0.15) is 9.57 Å². The van der Waals surface area contributed by atoms with Crippen molar-refractivity contribution < 1.29 is 17.6 Å². The summed E-state index contributed by atoms with van der Waals surface area (Å²) < 4.78 is 31.6. The van der Waals surface area contributed by atoms with Gasteiger partial charge in [0.05, 0.1) is 6.54 Å². The minimum atomic E-state index is -3.90. The highest BCUT2D eigenvalue weighted by Gasteiger charge is 2.43. The van der Waals surface area contributed by atoms with Crippen molar-refractivity contribution in [2.24, 2.45) is 0 Å². The van der Waals surface area contributed by atoms with Crippen LogP contribution >= 0.6 is 0 Å². The van der Waals surface area contributed by atoms with Crippen LogP contribution in [0.1, 0.15) is 31.4 Å². The SMILES string of the molecule is N#Cc1ccc(S(=O)(=O)N2CC(=O)NC3CCCCC32)o1. The molecule has 21 heavy (non-hydrogen) atoms. The molecule has 0 spiro atoms. The number of rotatable bonds is 2. The fraction of sp³-hybridized carbons (Fsp3) is 0.538. The molecule has 3 rings (SSSR count). The molecule has 1 aliphatic carbocycles. The van der Waals surface area contributed by atoms with E-state index in [1.165, 1.54) is 16.4 Å². The minimum Gasteiger partial charge on any atom is -0.433 e. The average Bonchev–Trinajstić information content (AvgIpc) is 2.96. The first-order valence-corrected chi connectivity index (χ1v) is 8.27.